The lowest BCUT2D eigenvalue weighted by Gasteiger charge is -2.19. The van der Waals surface area contributed by atoms with E-state index in [-0.39, 0.29) is 0 Å². The van der Waals surface area contributed by atoms with Crippen LogP contribution < -0.4 is 18.9 Å². The summed E-state index contributed by atoms with van der Waals surface area (Å²) in [7, 11) is 6.79. The summed E-state index contributed by atoms with van der Waals surface area (Å²) >= 11 is 1.73. The zero-order valence-corrected chi connectivity index (χ0v) is 46.2. The van der Waals surface area contributed by atoms with Gasteiger partial charge in [0, 0.05) is 11.1 Å². The third kappa shape index (κ3) is 10.7. The largest absolute Gasteiger partial charge is 0.497 e. The summed E-state index contributed by atoms with van der Waals surface area (Å²) in [6.07, 6.45) is 0. The highest BCUT2D eigenvalue weighted by Crippen LogP contribution is 2.47. The van der Waals surface area contributed by atoms with E-state index < -0.39 is 0 Å². The summed E-state index contributed by atoms with van der Waals surface area (Å²) in [4.78, 5) is 13.4. The van der Waals surface area contributed by atoms with Crippen molar-refractivity contribution in [2.75, 3.05) is 28.4 Å². The van der Waals surface area contributed by atoms with E-state index >= 15 is 0 Å². The molecule has 0 spiro atoms. The third-order valence-corrected chi connectivity index (χ3v) is 15.9. The van der Waals surface area contributed by atoms with Crippen LogP contribution in [0.15, 0.2) is 267 Å². The molecule has 0 N–H and O–H groups in total. The van der Waals surface area contributed by atoms with Gasteiger partial charge in [-0.3, -0.25) is 0 Å². The number of thiophene rings is 1. The molecule has 0 unspecified atom stereocenters. The summed E-state index contributed by atoms with van der Waals surface area (Å²) in [5.74, 6) is 3.18. The summed E-state index contributed by atoms with van der Waals surface area (Å²) < 4.78 is 22.5. The monoisotopic (exact) mass is 1070 g/mol. The SMILES string of the molecule is COc1ccc(C(=C(c2ccccc2)c2ccc(-c3sc(-c4ccc(C(=C(c5ccc(OC)cc5)c5ccc(OC)cc5)c5ccccc5)cc4)c4nc(-c5ccccc5)c(-c5ccccc5)nc34)cc2)c2ccc(OC)cc2)cc1. The van der Waals surface area contributed by atoms with Crippen molar-refractivity contribution in [2.45, 2.75) is 0 Å². The zero-order chi connectivity index (χ0) is 55.1. The molecule has 0 radical (unpaired) electrons. The first-order valence-electron chi connectivity index (χ1n) is 26.8. The number of nitrogens with zero attached hydrogens (tertiary/aromatic N) is 2. The fraction of sp³-hybridized carbons (Fsp3) is 0.0541. The van der Waals surface area contributed by atoms with Gasteiger partial charge in [0.1, 0.15) is 34.0 Å². The topological polar surface area (TPSA) is 62.7 Å². The summed E-state index contributed by atoms with van der Waals surface area (Å²) in [6.45, 7) is 0. The van der Waals surface area contributed by atoms with Crippen LogP contribution in [0.25, 0.3) is 76.7 Å². The molecule has 2 heterocycles. The lowest BCUT2D eigenvalue weighted by molar-refractivity contribution is 0.414. The van der Waals surface area contributed by atoms with Gasteiger partial charge in [-0.05, 0) is 126 Å². The Hall–Kier alpha value is -10.1. The van der Waals surface area contributed by atoms with E-state index in [9.17, 15) is 0 Å². The molecular weight excluding hydrogens is 1010 g/mol. The van der Waals surface area contributed by atoms with E-state index in [0.29, 0.717) is 0 Å². The van der Waals surface area contributed by atoms with E-state index in [0.717, 1.165) is 144 Å². The molecule has 7 heteroatoms. The minimum atomic E-state index is 0.795. The maximum absolute atomic E-state index is 5.68. The smallest absolute Gasteiger partial charge is 0.118 e. The van der Waals surface area contributed by atoms with Crippen LogP contribution in [-0.2, 0) is 0 Å². The molecule has 2 aromatic heterocycles. The van der Waals surface area contributed by atoms with Crippen LogP contribution in [0.2, 0.25) is 0 Å². The maximum Gasteiger partial charge on any atom is 0.118 e. The second kappa shape index (κ2) is 23.5. The first-order chi connectivity index (χ1) is 40.0. The van der Waals surface area contributed by atoms with Crippen LogP contribution in [-0.4, -0.2) is 38.4 Å². The Bertz CT molecular complexity index is 3790. The summed E-state index contributed by atoms with van der Waals surface area (Å²) in [5.41, 5.74) is 20.3. The molecular formula is C74H56N2O4S. The van der Waals surface area contributed by atoms with Crippen molar-refractivity contribution in [3.05, 3.63) is 311 Å². The highest BCUT2D eigenvalue weighted by atomic mass is 32.1. The quantitative estimate of drug-likeness (QED) is 0.0899. The number of hydrogen-bond acceptors (Lipinski definition) is 7. The molecule has 12 aromatic rings. The van der Waals surface area contributed by atoms with Crippen molar-refractivity contribution in [1.29, 1.82) is 0 Å². The van der Waals surface area contributed by atoms with Gasteiger partial charge in [0.15, 0.2) is 0 Å². The molecule has 12 rings (SSSR count). The van der Waals surface area contributed by atoms with Gasteiger partial charge < -0.3 is 18.9 Å². The zero-order valence-electron chi connectivity index (χ0n) is 45.3. The molecule has 0 aliphatic carbocycles. The third-order valence-electron chi connectivity index (χ3n) is 14.6. The predicted molar refractivity (Wildman–Crippen MR) is 334 cm³/mol. The number of hydrogen-bond donors (Lipinski definition) is 0. The highest BCUT2D eigenvalue weighted by molar-refractivity contribution is 7.20. The minimum Gasteiger partial charge on any atom is -0.497 e. The fourth-order valence-electron chi connectivity index (χ4n) is 10.6. The van der Waals surface area contributed by atoms with Crippen molar-refractivity contribution in [1.82, 2.24) is 9.97 Å². The number of rotatable bonds is 16. The number of fused-ring (bicyclic) bond motifs is 1. The van der Waals surface area contributed by atoms with E-state index in [1.807, 2.05) is 60.7 Å². The Labute approximate surface area is 477 Å². The van der Waals surface area contributed by atoms with Crippen molar-refractivity contribution in [3.63, 3.8) is 0 Å². The maximum atomic E-state index is 5.68. The highest BCUT2D eigenvalue weighted by Gasteiger charge is 2.24. The predicted octanol–water partition coefficient (Wildman–Crippen LogP) is 18.4. The summed E-state index contributed by atoms with van der Waals surface area (Å²) in [5, 5.41) is 0. The Morgan fingerprint density at radius 2 is 0.469 bits per heavy atom. The van der Waals surface area contributed by atoms with E-state index in [1.165, 1.54) is 0 Å². The van der Waals surface area contributed by atoms with E-state index in [2.05, 4.69) is 206 Å². The average Bonchev–Trinajstić information content (AvgIpc) is 4.20. The Balaban J connectivity index is 1.06. The van der Waals surface area contributed by atoms with Gasteiger partial charge in [0.05, 0.1) is 49.6 Å². The van der Waals surface area contributed by atoms with Crippen molar-refractivity contribution < 1.29 is 18.9 Å². The van der Waals surface area contributed by atoms with Gasteiger partial charge in [-0.2, -0.15) is 0 Å². The number of ether oxygens (including phenoxy) is 4. The van der Waals surface area contributed by atoms with Crippen LogP contribution in [0.4, 0.5) is 0 Å². The second-order valence-electron chi connectivity index (χ2n) is 19.4. The van der Waals surface area contributed by atoms with Gasteiger partial charge in [-0.15, -0.1) is 11.3 Å². The molecule has 0 saturated carbocycles. The van der Waals surface area contributed by atoms with Gasteiger partial charge >= 0.3 is 0 Å². The van der Waals surface area contributed by atoms with Crippen LogP contribution >= 0.6 is 11.3 Å². The summed E-state index contributed by atoms with van der Waals surface area (Å²) in [6, 6.07) is 93.2. The molecule has 6 nitrogen and oxygen atoms in total. The minimum absolute atomic E-state index is 0.795. The van der Waals surface area contributed by atoms with Crippen LogP contribution in [0.3, 0.4) is 0 Å². The van der Waals surface area contributed by atoms with E-state index in [1.54, 1.807) is 39.8 Å². The van der Waals surface area contributed by atoms with Crippen LogP contribution in [0, 0.1) is 0 Å². The lowest BCUT2D eigenvalue weighted by Crippen LogP contribution is -1.98. The Morgan fingerprint density at radius 3 is 0.716 bits per heavy atom. The van der Waals surface area contributed by atoms with Gasteiger partial charge in [-0.1, -0.05) is 218 Å². The number of methoxy groups -OCH3 is 4. The van der Waals surface area contributed by atoms with Crippen molar-refractivity contribution >= 4 is 44.7 Å². The molecule has 0 saturated heterocycles. The molecule has 0 fully saturated rings. The molecule has 81 heavy (non-hydrogen) atoms. The first kappa shape index (κ1) is 51.7. The number of aromatic nitrogens is 2. The fourth-order valence-corrected chi connectivity index (χ4v) is 11.8. The first-order valence-corrected chi connectivity index (χ1v) is 27.6. The molecule has 392 valence electrons. The number of benzene rings is 10. The van der Waals surface area contributed by atoms with E-state index in [4.69, 9.17) is 28.9 Å². The van der Waals surface area contributed by atoms with Crippen molar-refractivity contribution in [3.8, 4) is 66.4 Å². The van der Waals surface area contributed by atoms with Crippen LogP contribution in [0.5, 0.6) is 23.0 Å². The lowest BCUT2D eigenvalue weighted by atomic mass is 9.85. The normalized spacial score (nSPS) is 11.0. The van der Waals surface area contributed by atoms with Gasteiger partial charge in [-0.25, -0.2) is 9.97 Å². The van der Waals surface area contributed by atoms with Crippen molar-refractivity contribution in [2.24, 2.45) is 0 Å². The van der Waals surface area contributed by atoms with Crippen LogP contribution in [0.1, 0.15) is 44.5 Å². The molecule has 0 amide bonds. The Morgan fingerprint density at radius 1 is 0.247 bits per heavy atom. The Kier molecular flexibility index (Phi) is 15.0. The van der Waals surface area contributed by atoms with Gasteiger partial charge in [0.25, 0.3) is 0 Å². The molecule has 0 aliphatic rings. The van der Waals surface area contributed by atoms with Gasteiger partial charge in [0.2, 0.25) is 0 Å². The molecule has 10 aromatic carbocycles. The molecule has 0 bridgehead atoms. The molecule has 0 atom stereocenters. The molecule has 0 aliphatic heterocycles. The standard InChI is InChI=1S/C74H56N2O4S/c1-77-61-41-33-53(34-42-61)67(54-35-43-62(78-2)44-36-54)65(49-17-9-5-10-18-49)51-25-29-59(30-26-51)73-71-72(76-70(58-23-15-8-16-24-58)69(75-71)57-21-13-7-14-22-57)74(81-73)60-31-27-52(28-32-60)66(50-19-11-6-12-20-50)68(55-37-45-63(79-3)46-38-55)56-39-47-64(80-4)48-40-56/h5-48H,1-4H3. The second-order valence-corrected chi connectivity index (χ2v) is 20.4. The average molecular weight is 1070 g/mol.